The number of carbonyl (C=O) groups is 2. The zero-order chi connectivity index (χ0) is 16.4. The number of anilines is 1. The van der Waals surface area contributed by atoms with E-state index in [2.05, 4.69) is 4.72 Å². The molecule has 0 saturated heterocycles. The van der Waals surface area contributed by atoms with Gasteiger partial charge in [-0.05, 0) is 32.0 Å². The van der Waals surface area contributed by atoms with Crippen molar-refractivity contribution in [3.63, 3.8) is 0 Å². The van der Waals surface area contributed by atoms with Gasteiger partial charge in [0.15, 0.2) is 0 Å². The highest BCUT2D eigenvalue weighted by molar-refractivity contribution is 7.89. The van der Waals surface area contributed by atoms with Crippen LogP contribution in [-0.4, -0.2) is 30.9 Å². The van der Waals surface area contributed by atoms with Gasteiger partial charge in [-0.2, -0.15) is 0 Å². The number of amides is 1. The fourth-order valence-electron chi connectivity index (χ4n) is 1.84. The molecule has 21 heavy (non-hydrogen) atoms. The molecule has 9 heteroatoms. The van der Waals surface area contributed by atoms with Crippen LogP contribution < -0.4 is 16.2 Å². The summed E-state index contributed by atoms with van der Waals surface area (Å²) in [5.74, 6) is -2.10. The first kappa shape index (κ1) is 16.9. The maximum atomic E-state index is 12.3. The lowest BCUT2D eigenvalue weighted by molar-refractivity contribution is -0.119. The zero-order valence-electron chi connectivity index (χ0n) is 11.6. The van der Waals surface area contributed by atoms with E-state index in [0.29, 0.717) is 0 Å². The van der Waals surface area contributed by atoms with Crippen molar-refractivity contribution in [2.75, 3.05) is 5.73 Å². The van der Waals surface area contributed by atoms with Gasteiger partial charge in [-0.1, -0.05) is 0 Å². The number of aromatic carboxylic acids is 1. The Morgan fingerprint density at radius 1 is 1.33 bits per heavy atom. The molecular formula is C12H17N3O5S. The molecule has 8 nitrogen and oxygen atoms in total. The van der Waals surface area contributed by atoms with E-state index in [0.717, 1.165) is 12.1 Å². The SMILES string of the molecule is CC(C)(CC(N)=O)NS(=O)(=O)c1ccc(N)cc1C(=O)O. The molecule has 6 N–H and O–H groups in total. The van der Waals surface area contributed by atoms with E-state index in [-0.39, 0.29) is 12.1 Å². The molecule has 1 aromatic rings. The number of nitrogens with one attached hydrogen (secondary N) is 1. The van der Waals surface area contributed by atoms with E-state index in [1.807, 2.05) is 0 Å². The van der Waals surface area contributed by atoms with Gasteiger partial charge in [0.2, 0.25) is 15.9 Å². The van der Waals surface area contributed by atoms with Gasteiger partial charge < -0.3 is 16.6 Å². The lowest BCUT2D eigenvalue weighted by Crippen LogP contribution is -2.46. The smallest absolute Gasteiger partial charge is 0.337 e. The van der Waals surface area contributed by atoms with E-state index < -0.39 is 37.9 Å². The number of hydrogen-bond donors (Lipinski definition) is 4. The van der Waals surface area contributed by atoms with Gasteiger partial charge in [-0.3, -0.25) is 4.79 Å². The van der Waals surface area contributed by atoms with Crippen LogP contribution >= 0.6 is 0 Å². The highest BCUT2D eigenvalue weighted by Gasteiger charge is 2.30. The van der Waals surface area contributed by atoms with Crippen LogP contribution in [0.25, 0.3) is 0 Å². The van der Waals surface area contributed by atoms with E-state index in [1.165, 1.54) is 19.9 Å². The van der Waals surface area contributed by atoms with Crippen molar-refractivity contribution in [2.45, 2.75) is 30.7 Å². The van der Waals surface area contributed by atoms with Crippen molar-refractivity contribution in [1.82, 2.24) is 4.72 Å². The van der Waals surface area contributed by atoms with Crippen LogP contribution in [0.1, 0.15) is 30.6 Å². The predicted octanol–water partition coefficient (Wildman–Crippen LogP) is -0.101. The molecule has 0 radical (unpaired) electrons. The summed E-state index contributed by atoms with van der Waals surface area (Å²) >= 11 is 0. The average Bonchev–Trinajstić information content (AvgIpc) is 2.24. The van der Waals surface area contributed by atoms with Gasteiger partial charge in [0.05, 0.1) is 10.5 Å². The lowest BCUT2D eigenvalue weighted by Gasteiger charge is -2.24. The van der Waals surface area contributed by atoms with Crippen molar-refractivity contribution in [3.8, 4) is 0 Å². The highest BCUT2D eigenvalue weighted by Crippen LogP contribution is 2.21. The van der Waals surface area contributed by atoms with E-state index in [1.54, 1.807) is 0 Å². The normalized spacial score (nSPS) is 12.1. The third-order valence-corrected chi connectivity index (χ3v) is 4.31. The monoisotopic (exact) mass is 315 g/mol. The molecule has 1 amide bonds. The van der Waals surface area contributed by atoms with Crippen LogP contribution in [0, 0.1) is 0 Å². The first-order valence-corrected chi connectivity index (χ1v) is 7.38. The van der Waals surface area contributed by atoms with Crippen molar-refractivity contribution >= 4 is 27.6 Å². The minimum Gasteiger partial charge on any atom is -0.478 e. The highest BCUT2D eigenvalue weighted by atomic mass is 32.2. The number of carboxylic acids is 1. The van der Waals surface area contributed by atoms with Crippen molar-refractivity contribution in [2.24, 2.45) is 5.73 Å². The second-order valence-electron chi connectivity index (χ2n) is 5.19. The van der Waals surface area contributed by atoms with E-state index in [4.69, 9.17) is 16.6 Å². The lowest BCUT2D eigenvalue weighted by atomic mass is 10.0. The van der Waals surface area contributed by atoms with Crippen molar-refractivity contribution < 1.29 is 23.1 Å². The van der Waals surface area contributed by atoms with Gasteiger partial charge in [0.25, 0.3) is 0 Å². The summed E-state index contributed by atoms with van der Waals surface area (Å²) in [6.07, 6.45) is -0.233. The van der Waals surface area contributed by atoms with E-state index in [9.17, 15) is 18.0 Å². The number of rotatable bonds is 6. The summed E-state index contributed by atoms with van der Waals surface area (Å²) in [5.41, 5.74) is 9.04. The first-order chi connectivity index (χ1) is 9.44. The van der Waals surface area contributed by atoms with Crippen LogP contribution in [0.4, 0.5) is 5.69 Å². The molecule has 116 valence electrons. The first-order valence-electron chi connectivity index (χ1n) is 5.90. The number of hydrogen-bond acceptors (Lipinski definition) is 5. The quantitative estimate of drug-likeness (QED) is 0.538. The number of sulfonamides is 1. The second-order valence-corrected chi connectivity index (χ2v) is 6.84. The van der Waals surface area contributed by atoms with Crippen molar-refractivity contribution in [3.05, 3.63) is 23.8 Å². The number of nitrogen functional groups attached to an aromatic ring is 1. The fourth-order valence-corrected chi connectivity index (χ4v) is 3.43. The van der Waals surface area contributed by atoms with Crippen LogP contribution in [0.2, 0.25) is 0 Å². The third kappa shape index (κ3) is 4.43. The van der Waals surface area contributed by atoms with Gasteiger partial charge in [-0.25, -0.2) is 17.9 Å². The Hall–Kier alpha value is -2.13. The Morgan fingerprint density at radius 3 is 2.38 bits per heavy atom. The predicted molar refractivity (Wildman–Crippen MR) is 76.0 cm³/mol. The molecule has 0 spiro atoms. The molecule has 0 fully saturated rings. The van der Waals surface area contributed by atoms with Crippen LogP contribution in [0.3, 0.4) is 0 Å². The largest absolute Gasteiger partial charge is 0.478 e. The summed E-state index contributed by atoms with van der Waals surface area (Å²) < 4.78 is 26.9. The molecule has 0 aliphatic rings. The maximum Gasteiger partial charge on any atom is 0.337 e. The standard InChI is InChI=1S/C12H17N3O5S/c1-12(2,6-10(14)16)15-21(19,20)9-4-3-7(13)5-8(9)11(17)18/h3-5,15H,6,13H2,1-2H3,(H2,14,16)(H,17,18). The molecule has 0 saturated carbocycles. The number of primary amides is 1. The molecule has 0 aliphatic carbocycles. The minimum absolute atomic E-state index is 0.128. The second kappa shape index (κ2) is 5.70. The molecule has 0 aliphatic heterocycles. The fraction of sp³-hybridized carbons (Fsp3) is 0.333. The minimum atomic E-state index is -4.15. The van der Waals surface area contributed by atoms with Crippen LogP contribution in [-0.2, 0) is 14.8 Å². The Labute approximate surface area is 122 Å². The number of benzene rings is 1. The van der Waals surface area contributed by atoms with E-state index >= 15 is 0 Å². The molecule has 0 bridgehead atoms. The van der Waals surface area contributed by atoms with Gasteiger partial charge in [0, 0.05) is 17.6 Å². The topological polar surface area (TPSA) is 153 Å². The molecule has 0 atom stereocenters. The maximum absolute atomic E-state index is 12.3. The van der Waals surface area contributed by atoms with Gasteiger partial charge >= 0.3 is 5.97 Å². The van der Waals surface area contributed by atoms with Crippen LogP contribution in [0.15, 0.2) is 23.1 Å². The molecule has 1 aromatic carbocycles. The number of carbonyl (C=O) groups excluding carboxylic acids is 1. The number of carboxylic acid groups (broad SMARTS) is 1. The number of nitrogens with two attached hydrogens (primary N) is 2. The molecular weight excluding hydrogens is 298 g/mol. The summed E-state index contributed by atoms with van der Waals surface area (Å²) in [5, 5.41) is 9.08. The molecule has 0 heterocycles. The van der Waals surface area contributed by atoms with Crippen molar-refractivity contribution in [1.29, 1.82) is 0 Å². The third-order valence-electron chi connectivity index (χ3n) is 2.55. The van der Waals surface area contributed by atoms with Gasteiger partial charge in [-0.15, -0.1) is 0 Å². The Kier molecular flexibility index (Phi) is 4.59. The van der Waals surface area contributed by atoms with Crippen LogP contribution in [0.5, 0.6) is 0 Å². The Bertz CT molecular complexity index is 682. The Morgan fingerprint density at radius 2 is 1.90 bits per heavy atom. The summed E-state index contributed by atoms with van der Waals surface area (Å²) in [7, 11) is -4.15. The summed E-state index contributed by atoms with van der Waals surface area (Å²) in [4.78, 5) is 21.6. The average molecular weight is 315 g/mol. The summed E-state index contributed by atoms with van der Waals surface area (Å²) in [6.45, 7) is 2.93. The molecule has 0 unspecified atom stereocenters. The van der Waals surface area contributed by atoms with Gasteiger partial charge in [0.1, 0.15) is 0 Å². The molecule has 1 rings (SSSR count). The Balaban J connectivity index is 3.26. The zero-order valence-corrected chi connectivity index (χ0v) is 12.4. The summed E-state index contributed by atoms with van der Waals surface area (Å²) in [6, 6.07) is 3.43. The molecule has 0 aromatic heterocycles.